The highest BCUT2D eigenvalue weighted by Gasteiger charge is 2.12. The number of halogens is 1. The van der Waals surface area contributed by atoms with Crippen LogP contribution in [0.25, 0.3) is 10.9 Å². The topological polar surface area (TPSA) is 51.2 Å². The van der Waals surface area contributed by atoms with E-state index in [1.807, 2.05) is 30.3 Å². The number of para-hydroxylation sites is 1. The number of benzene rings is 2. The molecule has 0 radical (unpaired) electrons. The maximum absolute atomic E-state index is 13.8. The molecular formula is C20H19FN2O2. The van der Waals surface area contributed by atoms with Crippen LogP contribution in [0.3, 0.4) is 0 Å². The van der Waals surface area contributed by atoms with Crippen molar-refractivity contribution in [2.45, 2.75) is 13.3 Å². The summed E-state index contributed by atoms with van der Waals surface area (Å²) < 4.78 is 19.6. The first-order chi connectivity index (χ1) is 12.2. The number of carbonyl (C=O) groups excluding carboxylic acids is 1. The molecule has 2 aromatic carbocycles. The SMILES string of the molecule is CC(=O)c1c(F)cccc1NCCCOc1cccc2cccnc12. The number of rotatable bonds is 7. The van der Waals surface area contributed by atoms with Gasteiger partial charge in [-0.05, 0) is 37.6 Å². The molecule has 0 saturated carbocycles. The van der Waals surface area contributed by atoms with Crippen molar-refractivity contribution in [3.8, 4) is 5.75 Å². The summed E-state index contributed by atoms with van der Waals surface area (Å²) in [7, 11) is 0. The van der Waals surface area contributed by atoms with Gasteiger partial charge >= 0.3 is 0 Å². The fourth-order valence-electron chi connectivity index (χ4n) is 2.70. The number of hydrogen-bond acceptors (Lipinski definition) is 4. The number of ketones is 1. The van der Waals surface area contributed by atoms with Crippen LogP contribution in [-0.4, -0.2) is 23.9 Å². The summed E-state index contributed by atoms with van der Waals surface area (Å²) >= 11 is 0. The lowest BCUT2D eigenvalue weighted by molar-refractivity contribution is 0.101. The third-order valence-corrected chi connectivity index (χ3v) is 3.86. The normalized spacial score (nSPS) is 10.6. The zero-order chi connectivity index (χ0) is 17.6. The summed E-state index contributed by atoms with van der Waals surface area (Å²) in [6, 6.07) is 14.3. The molecule has 0 aliphatic carbocycles. The van der Waals surface area contributed by atoms with Crippen LogP contribution in [-0.2, 0) is 0 Å². The molecule has 1 heterocycles. The Labute approximate surface area is 145 Å². The van der Waals surface area contributed by atoms with Gasteiger partial charge in [-0.25, -0.2) is 4.39 Å². The Hall–Kier alpha value is -2.95. The van der Waals surface area contributed by atoms with Gasteiger partial charge in [0.15, 0.2) is 5.78 Å². The molecule has 0 atom stereocenters. The third-order valence-electron chi connectivity index (χ3n) is 3.86. The minimum atomic E-state index is -0.504. The van der Waals surface area contributed by atoms with E-state index in [0.29, 0.717) is 25.3 Å². The van der Waals surface area contributed by atoms with Crippen LogP contribution in [0.2, 0.25) is 0 Å². The molecule has 0 unspecified atom stereocenters. The molecule has 5 heteroatoms. The maximum atomic E-state index is 13.8. The van der Waals surface area contributed by atoms with Gasteiger partial charge in [0, 0.05) is 23.8 Å². The van der Waals surface area contributed by atoms with Gasteiger partial charge in [0.25, 0.3) is 0 Å². The summed E-state index contributed by atoms with van der Waals surface area (Å²) in [4.78, 5) is 15.9. The smallest absolute Gasteiger partial charge is 0.164 e. The molecule has 1 aromatic heterocycles. The lowest BCUT2D eigenvalue weighted by Crippen LogP contribution is -2.11. The average molecular weight is 338 g/mol. The second kappa shape index (κ2) is 7.75. The number of fused-ring (bicyclic) bond motifs is 1. The summed E-state index contributed by atoms with van der Waals surface area (Å²) in [5.74, 6) is -0.0532. The molecule has 0 fully saturated rings. The van der Waals surface area contributed by atoms with Crippen LogP contribution >= 0.6 is 0 Å². The van der Waals surface area contributed by atoms with Crippen molar-refractivity contribution in [3.05, 3.63) is 66.1 Å². The first-order valence-corrected chi connectivity index (χ1v) is 8.16. The van der Waals surface area contributed by atoms with Crippen molar-refractivity contribution in [2.75, 3.05) is 18.5 Å². The Morgan fingerprint density at radius 2 is 1.96 bits per heavy atom. The molecule has 1 N–H and O–H groups in total. The number of Topliss-reactive ketones (excluding diaryl/α,β-unsaturated/α-hetero) is 1. The van der Waals surface area contributed by atoms with Crippen LogP contribution in [0.4, 0.5) is 10.1 Å². The van der Waals surface area contributed by atoms with Crippen molar-refractivity contribution in [3.63, 3.8) is 0 Å². The molecule has 0 saturated heterocycles. The number of hydrogen-bond donors (Lipinski definition) is 1. The highest BCUT2D eigenvalue weighted by Crippen LogP contribution is 2.23. The fourth-order valence-corrected chi connectivity index (χ4v) is 2.70. The minimum absolute atomic E-state index is 0.0988. The van der Waals surface area contributed by atoms with Crippen LogP contribution in [0.5, 0.6) is 5.75 Å². The van der Waals surface area contributed by atoms with E-state index in [1.54, 1.807) is 18.3 Å². The fraction of sp³-hybridized carbons (Fsp3) is 0.200. The molecular weight excluding hydrogens is 319 g/mol. The van der Waals surface area contributed by atoms with E-state index in [9.17, 15) is 9.18 Å². The summed E-state index contributed by atoms with van der Waals surface area (Å²) in [5.41, 5.74) is 1.45. The predicted molar refractivity (Wildman–Crippen MR) is 96.7 cm³/mol. The molecule has 0 amide bonds. The molecule has 0 aliphatic rings. The van der Waals surface area contributed by atoms with Gasteiger partial charge in [-0.15, -0.1) is 0 Å². The Balaban J connectivity index is 1.56. The van der Waals surface area contributed by atoms with E-state index in [-0.39, 0.29) is 11.3 Å². The zero-order valence-corrected chi connectivity index (χ0v) is 14.0. The minimum Gasteiger partial charge on any atom is -0.491 e. The highest BCUT2D eigenvalue weighted by molar-refractivity contribution is 5.99. The molecule has 3 aromatic rings. The second-order valence-electron chi connectivity index (χ2n) is 5.68. The van der Waals surface area contributed by atoms with Crippen molar-refractivity contribution in [1.82, 2.24) is 4.98 Å². The molecule has 0 spiro atoms. The first-order valence-electron chi connectivity index (χ1n) is 8.16. The van der Waals surface area contributed by atoms with Crippen LogP contribution < -0.4 is 10.1 Å². The molecule has 128 valence electrons. The Morgan fingerprint density at radius 1 is 1.16 bits per heavy atom. The molecule has 4 nitrogen and oxygen atoms in total. The summed E-state index contributed by atoms with van der Waals surface area (Å²) in [6.07, 6.45) is 2.45. The van der Waals surface area contributed by atoms with Crippen LogP contribution in [0, 0.1) is 5.82 Å². The van der Waals surface area contributed by atoms with E-state index in [1.165, 1.54) is 13.0 Å². The maximum Gasteiger partial charge on any atom is 0.164 e. The second-order valence-corrected chi connectivity index (χ2v) is 5.68. The van der Waals surface area contributed by atoms with Crippen molar-refractivity contribution >= 4 is 22.4 Å². The number of anilines is 1. The number of aromatic nitrogens is 1. The Morgan fingerprint density at radius 3 is 2.80 bits per heavy atom. The molecule has 0 aliphatic heterocycles. The highest BCUT2D eigenvalue weighted by atomic mass is 19.1. The van der Waals surface area contributed by atoms with E-state index >= 15 is 0 Å². The average Bonchev–Trinajstić information content (AvgIpc) is 2.61. The number of carbonyl (C=O) groups is 1. The van der Waals surface area contributed by atoms with E-state index < -0.39 is 5.82 Å². The molecule has 3 rings (SSSR count). The van der Waals surface area contributed by atoms with E-state index in [2.05, 4.69) is 10.3 Å². The van der Waals surface area contributed by atoms with Crippen molar-refractivity contribution < 1.29 is 13.9 Å². The quantitative estimate of drug-likeness (QED) is 0.510. The van der Waals surface area contributed by atoms with Gasteiger partial charge in [0.05, 0.1) is 12.2 Å². The summed E-state index contributed by atoms with van der Waals surface area (Å²) in [5, 5.41) is 4.13. The summed E-state index contributed by atoms with van der Waals surface area (Å²) in [6.45, 7) is 2.43. The number of nitrogens with zero attached hydrogens (tertiary/aromatic N) is 1. The monoisotopic (exact) mass is 338 g/mol. The lowest BCUT2D eigenvalue weighted by atomic mass is 10.1. The van der Waals surface area contributed by atoms with Gasteiger partial charge in [-0.3, -0.25) is 9.78 Å². The number of ether oxygens (including phenoxy) is 1. The van der Waals surface area contributed by atoms with E-state index in [0.717, 1.165) is 16.7 Å². The van der Waals surface area contributed by atoms with Gasteiger partial charge in [0.2, 0.25) is 0 Å². The standard InChI is InChI=1S/C20H19FN2O2/c1-14(24)19-16(21)8-3-9-17(19)22-12-5-13-25-18-10-2-6-15-7-4-11-23-20(15)18/h2-4,6-11,22H,5,12-13H2,1H3. The van der Waals surface area contributed by atoms with Gasteiger partial charge in [-0.1, -0.05) is 24.3 Å². The van der Waals surface area contributed by atoms with Gasteiger partial charge in [-0.2, -0.15) is 0 Å². The van der Waals surface area contributed by atoms with Gasteiger partial charge < -0.3 is 10.1 Å². The Bertz CT molecular complexity index is 891. The van der Waals surface area contributed by atoms with E-state index in [4.69, 9.17) is 4.74 Å². The predicted octanol–water partition coefficient (Wildman–Crippen LogP) is 4.46. The first kappa shape index (κ1) is 16.9. The largest absolute Gasteiger partial charge is 0.491 e. The molecule has 0 bridgehead atoms. The number of nitrogens with one attached hydrogen (secondary N) is 1. The zero-order valence-electron chi connectivity index (χ0n) is 14.0. The molecule has 25 heavy (non-hydrogen) atoms. The van der Waals surface area contributed by atoms with Crippen molar-refractivity contribution in [1.29, 1.82) is 0 Å². The van der Waals surface area contributed by atoms with Crippen LogP contribution in [0.1, 0.15) is 23.7 Å². The number of pyridine rings is 1. The van der Waals surface area contributed by atoms with Crippen LogP contribution in [0.15, 0.2) is 54.7 Å². The Kier molecular flexibility index (Phi) is 5.23. The lowest BCUT2D eigenvalue weighted by Gasteiger charge is -2.12. The van der Waals surface area contributed by atoms with Crippen molar-refractivity contribution in [2.24, 2.45) is 0 Å². The van der Waals surface area contributed by atoms with Gasteiger partial charge in [0.1, 0.15) is 17.1 Å². The third kappa shape index (κ3) is 3.94.